The van der Waals surface area contributed by atoms with Gasteiger partial charge in [0.15, 0.2) is 10.6 Å². The molecule has 2 aromatic carbocycles. The van der Waals surface area contributed by atoms with Crippen molar-refractivity contribution in [3.63, 3.8) is 0 Å². The third-order valence-corrected chi connectivity index (χ3v) is 5.34. The van der Waals surface area contributed by atoms with Gasteiger partial charge in [0.2, 0.25) is 5.91 Å². The molecule has 0 spiro atoms. The third-order valence-electron chi connectivity index (χ3n) is 5.03. The number of amides is 1. The molecule has 0 saturated heterocycles. The summed E-state index contributed by atoms with van der Waals surface area (Å²) in [7, 11) is 0. The first kappa shape index (κ1) is 23.7. The van der Waals surface area contributed by atoms with E-state index in [0.717, 1.165) is 23.3 Å². The lowest BCUT2D eigenvalue weighted by Crippen LogP contribution is -2.32. The van der Waals surface area contributed by atoms with Crippen molar-refractivity contribution >= 4 is 18.1 Å². The quantitative estimate of drug-likeness (QED) is 0.434. The molecular weight excluding hydrogens is 437 g/mol. The van der Waals surface area contributed by atoms with Crippen LogP contribution < -0.4 is 5.32 Å². The molecule has 0 fully saturated rings. The van der Waals surface area contributed by atoms with Gasteiger partial charge in [0.1, 0.15) is 6.54 Å². The van der Waals surface area contributed by atoms with Crippen LogP contribution in [0.5, 0.6) is 0 Å². The summed E-state index contributed by atoms with van der Waals surface area (Å²) < 4.78 is 41.4. The van der Waals surface area contributed by atoms with Gasteiger partial charge < -0.3 is 5.32 Å². The van der Waals surface area contributed by atoms with Crippen LogP contribution in [0.3, 0.4) is 0 Å². The molecule has 3 aromatic rings. The van der Waals surface area contributed by atoms with Crippen molar-refractivity contribution in [1.29, 1.82) is 0 Å². The second-order valence-corrected chi connectivity index (χ2v) is 8.56. The summed E-state index contributed by atoms with van der Waals surface area (Å²) in [4.78, 5) is 12.9. The Morgan fingerprint density at radius 3 is 2.50 bits per heavy atom. The number of aryl methyl sites for hydroxylation is 1. The molecule has 3 rings (SSSR count). The molecule has 0 aliphatic carbocycles. The Balaban J connectivity index is 1.84. The number of H-pyrrole nitrogens is 1. The van der Waals surface area contributed by atoms with Crippen LogP contribution >= 0.6 is 12.2 Å². The summed E-state index contributed by atoms with van der Waals surface area (Å²) in [5, 5.41) is 9.82. The molecule has 1 amide bonds. The molecule has 9 heteroatoms. The van der Waals surface area contributed by atoms with E-state index in [4.69, 9.17) is 12.2 Å². The van der Waals surface area contributed by atoms with Crippen LogP contribution in [0.2, 0.25) is 0 Å². The monoisotopic (exact) mass is 462 g/mol. The van der Waals surface area contributed by atoms with Gasteiger partial charge in [0, 0.05) is 5.56 Å². The van der Waals surface area contributed by atoms with Crippen LogP contribution in [0, 0.1) is 17.6 Å². The van der Waals surface area contributed by atoms with Crippen LogP contribution in [-0.2, 0) is 17.5 Å². The molecule has 2 N–H and O–H groups in total. The Bertz CT molecular complexity index is 1130. The second-order valence-electron chi connectivity index (χ2n) is 8.18. The summed E-state index contributed by atoms with van der Waals surface area (Å²) in [5.74, 6) is 0.317. The summed E-state index contributed by atoms with van der Waals surface area (Å²) in [6, 6.07) is 12.2. The Morgan fingerprint density at radius 1 is 1.19 bits per heavy atom. The van der Waals surface area contributed by atoms with Crippen molar-refractivity contribution < 1.29 is 18.0 Å². The summed E-state index contributed by atoms with van der Waals surface area (Å²) in [6.45, 7) is 5.77. The number of aromatic nitrogens is 3. The zero-order valence-corrected chi connectivity index (χ0v) is 18.8. The molecule has 5 nitrogen and oxygen atoms in total. The van der Waals surface area contributed by atoms with E-state index in [0.29, 0.717) is 17.8 Å². The molecule has 0 bridgehead atoms. The van der Waals surface area contributed by atoms with E-state index in [1.165, 1.54) is 6.07 Å². The number of halogens is 3. The maximum atomic E-state index is 13.2. The van der Waals surface area contributed by atoms with Crippen LogP contribution in [0.4, 0.5) is 13.2 Å². The highest BCUT2D eigenvalue weighted by atomic mass is 32.1. The number of benzene rings is 2. The molecule has 0 aliphatic rings. The largest absolute Gasteiger partial charge is 0.416 e. The molecule has 1 unspecified atom stereocenters. The molecule has 170 valence electrons. The Hall–Kier alpha value is -2.94. The van der Waals surface area contributed by atoms with Crippen LogP contribution in [0.15, 0.2) is 48.5 Å². The number of carbonyl (C=O) groups excluding carboxylic acids is 1. The van der Waals surface area contributed by atoms with E-state index < -0.39 is 17.8 Å². The molecule has 0 aliphatic heterocycles. The summed E-state index contributed by atoms with van der Waals surface area (Å²) >= 11 is 5.29. The number of aromatic amines is 1. The van der Waals surface area contributed by atoms with Gasteiger partial charge in [-0.05, 0) is 49.2 Å². The number of rotatable bonds is 7. The SMILES string of the molecule is Cc1ccc(-c2n[nH]c(=S)n2CC(=O)NC(CC(C)C)c2cccc(C(F)(F)F)c2)cc1. The number of hydrogen-bond acceptors (Lipinski definition) is 3. The Morgan fingerprint density at radius 2 is 1.88 bits per heavy atom. The van der Waals surface area contributed by atoms with Gasteiger partial charge in [-0.2, -0.15) is 18.3 Å². The van der Waals surface area contributed by atoms with Gasteiger partial charge >= 0.3 is 6.18 Å². The lowest BCUT2D eigenvalue weighted by molar-refractivity contribution is -0.137. The van der Waals surface area contributed by atoms with E-state index in [1.807, 2.05) is 45.0 Å². The molecule has 1 atom stereocenters. The highest BCUT2D eigenvalue weighted by Gasteiger charge is 2.31. The second kappa shape index (κ2) is 9.68. The number of hydrogen-bond donors (Lipinski definition) is 2. The van der Waals surface area contributed by atoms with Crippen molar-refractivity contribution in [2.45, 2.75) is 46.0 Å². The molecule has 0 radical (unpaired) electrons. The van der Waals surface area contributed by atoms with Gasteiger partial charge in [-0.1, -0.05) is 55.8 Å². The fraction of sp³-hybridized carbons (Fsp3) is 0.348. The van der Waals surface area contributed by atoms with Crippen LogP contribution in [0.25, 0.3) is 11.4 Å². The molecule has 0 saturated carbocycles. The highest BCUT2D eigenvalue weighted by molar-refractivity contribution is 7.71. The van der Waals surface area contributed by atoms with Gasteiger partial charge in [-0.15, -0.1) is 0 Å². The van der Waals surface area contributed by atoms with E-state index in [1.54, 1.807) is 10.6 Å². The van der Waals surface area contributed by atoms with Crippen molar-refractivity contribution in [3.05, 3.63) is 70.0 Å². The summed E-state index contributed by atoms with van der Waals surface area (Å²) in [6.07, 6.45) is -3.95. The smallest absolute Gasteiger partial charge is 0.348 e. The van der Waals surface area contributed by atoms with Crippen molar-refractivity contribution in [2.24, 2.45) is 5.92 Å². The minimum Gasteiger partial charge on any atom is -0.348 e. The van der Waals surface area contributed by atoms with Crippen molar-refractivity contribution in [3.8, 4) is 11.4 Å². The van der Waals surface area contributed by atoms with Crippen LogP contribution in [0.1, 0.15) is 43.0 Å². The fourth-order valence-electron chi connectivity index (χ4n) is 3.45. The molecular formula is C23H25F3N4OS. The zero-order valence-electron chi connectivity index (χ0n) is 18.0. The topological polar surface area (TPSA) is 62.7 Å². The van der Waals surface area contributed by atoms with Gasteiger partial charge in [-0.25, -0.2) is 0 Å². The number of nitrogens with zero attached hydrogens (tertiary/aromatic N) is 2. The standard InChI is InChI=1S/C23H25F3N4OS/c1-14(2)11-19(17-5-4-6-18(12-17)23(24,25)26)27-20(31)13-30-21(28-29-22(30)32)16-9-7-15(3)8-10-16/h4-10,12,14,19H,11,13H2,1-3H3,(H,27,31)(H,29,32). The van der Waals surface area contributed by atoms with E-state index in [9.17, 15) is 18.0 Å². The number of nitrogens with one attached hydrogen (secondary N) is 2. The van der Waals surface area contributed by atoms with Gasteiger partial charge in [-0.3, -0.25) is 14.5 Å². The minimum atomic E-state index is -4.45. The first-order valence-corrected chi connectivity index (χ1v) is 10.6. The summed E-state index contributed by atoms with van der Waals surface area (Å²) in [5.41, 5.74) is 1.56. The number of carbonyl (C=O) groups is 1. The first-order chi connectivity index (χ1) is 15.0. The maximum Gasteiger partial charge on any atom is 0.416 e. The van der Waals surface area contributed by atoms with Crippen molar-refractivity contribution in [1.82, 2.24) is 20.1 Å². The highest BCUT2D eigenvalue weighted by Crippen LogP contribution is 2.32. The normalized spacial score (nSPS) is 12.7. The van der Waals surface area contributed by atoms with Crippen LogP contribution in [-0.4, -0.2) is 20.7 Å². The number of alkyl halides is 3. The average molecular weight is 463 g/mol. The molecule has 1 heterocycles. The Labute approximate surface area is 189 Å². The van der Waals surface area contributed by atoms with Crippen molar-refractivity contribution in [2.75, 3.05) is 0 Å². The average Bonchev–Trinajstić information content (AvgIpc) is 3.07. The van der Waals surface area contributed by atoms with Gasteiger partial charge in [0.25, 0.3) is 0 Å². The lowest BCUT2D eigenvalue weighted by atomic mass is 9.95. The van der Waals surface area contributed by atoms with Gasteiger partial charge in [0.05, 0.1) is 11.6 Å². The molecule has 32 heavy (non-hydrogen) atoms. The van der Waals surface area contributed by atoms with E-state index in [2.05, 4.69) is 15.5 Å². The Kier molecular flexibility index (Phi) is 7.18. The third kappa shape index (κ3) is 5.85. The minimum absolute atomic E-state index is 0.105. The van der Waals surface area contributed by atoms with E-state index in [-0.39, 0.29) is 23.1 Å². The first-order valence-electron chi connectivity index (χ1n) is 10.2. The maximum absolute atomic E-state index is 13.2. The predicted molar refractivity (Wildman–Crippen MR) is 119 cm³/mol. The molecule has 1 aromatic heterocycles. The zero-order chi connectivity index (χ0) is 23.5. The predicted octanol–water partition coefficient (Wildman–Crippen LogP) is 5.84. The fourth-order valence-corrected chi connectivity index (χ4v) is 3.65. The lowest BCUT2D eigenvalue weighted by Gasteiger charge is -2.22. The van der Waals surface area contributed by atoms with E-state index >= 15 is 0 Å².